The molecule has 21 heavy (non-hydrogen) atoms. The molecule has 3 nitrogen and oxygen atoms in total. The van der Waals surface area contributed by atoms with Crippen molar-refractivity contribution in [3.8, 4) is 0 Å². The summed E-state index contributed by atoms with van der Waals surface area (Å²) < 4.78 is 0. The van der Waals surface area contributed by atoms with E-state index in [0.29, 0.717) is 0 Å². The molecule has 0 spiro atoms. The zero-order chi connectivity index (χ0) is 15.2. The van der Waals surface area contributed by atoms with E-state index in [1.165, 1.54) is 77.0 Å². The summed E-state index contributed by atoms with van der Waals surface area (Å²) in [5.74, 6) is 0. The number of aliphatic imine (C=N–C) groups is 1. The third kappa shape index (κ3) is 9.89. The van der Waals surface area contributed by atoms with Gasteiger partial charge in [-0.05, 0) is 6.42 Å². The van der Waals surface area contributed by atoms with Crippen LogP contribution < -0.4 is 5.73 Å². The molecule has 0 aromatic heterocycles. The fourth-order valence-electron chi connectivity index (χ4n) is 3.01. The summed E-state index contributed by atoms with van der Waals surface area (Å²) in [5.41, 5.74) is 6.14. The van der Waals surface area contributed by atoms with Crippen LogP contribution in [0.25, 0.3) is 0 Å². The maximum atomic E-state index is 6.14. The smallest absolute Gasteiger partial charge is 0.0863 e. The zero-order valence-electron chi connectivity index (χ0n) is 14.2. The van der Waals surface area contributed by atoms with Crippen LogP contribution in [0.2, 0.25) is 0 Å². The molecule has 0 bridgehead atoms. The Labute approximate surface area is 132 Å². The second-order valence-corrected chi connectivity index (χ2v) is 6.50. The first-order valence-electron chi connectivity index (χ1n) is 9.36. The summed E-state index contributed by atoms with van der Waals surface area (Å²) in [4.78, 5) is 6.40. The van der Waals surface area contributed by atoms with E-state index in [0.717, 1.165) is 19.5 Å². The van der Waals surface area contributed by atoms with Gasteiger partial charge in [0.25, 0.3) is 0 Å². The highest BCUT2D eigenvalue weighted by Crippen LogP contribution is 2.13. The normalized spacial score (nSPS) is 15.8. The predicted octanol–water partition coefficient (Wildman–Crippen LogP) is 4.71. The van der Waals surface area contributed by atoms with Gasteiger partial charge in [-0.2, -0.15) is 0 Å². The van der Waals surface area contributed by atoms with Gasteiger partial charge in [-0.1, -0.05) is 84.0 Å². The molecule has 1 aliphatic heterocycles. The van der Waals surface area contributed by atoms with Crippen LogP contribution >= 0.6 is 0 Å². The molecular weight excluding hydrogens is 258 g/mol. The first-order chi connectivity index (χ1) is 10.3. The first kappa shape index (κ1) is 18.5. The van der Waals surface area contributed by atoms with Gasteiger partial charge in [-0.3, -0.25) is 4.99 Å². The fourth-order valence-corrected chi connectivity index (χ4v) is 3.01. The molecule has 1 atom stereocenters. The van der Waals surface area contributed by atoms with Crippen LogP contribution in [0.15, 0.2) is 4.99 Å². The van der Waals surface area contributed by atoms with Crippen molar-refractivity contribution in [2.45, 2.75) is 96.6 Å². The highest BCUT2D eigenvalue weighted by atomic mass is 15.3. The average Bonchev–Trinajstić information content (AvgIpc) is 3.02. The van der Waals surface area contributed by atoms with Gasteiger partial charge in [0.05, 0.1) is 19.0 Å². The van der Waals surface area contributed by atoms with Crippen LogP contribution in [0, 0.1) is 0 Å². The Hall–Kier alpha value is -0.570. The van der Waals surface area contributed by atoms with Gasteiger partial charge >= 0.3 is 0 Å². The standard InChI is InChI=1S/C18H37N3/c1-2-3-4-5-6-7-8-9-10-11-12-13-14-18(19)21-16-15-20-17-21/h17-18H,2-16,19H2,1H3. The molecule has 1 heterocycles. The van der Waals surface area contributed by atoms with Crippen molar-refractivity contribution in [2.75, 3.05) is 13.1 Å². The Bertz CT molecular complexity index is 253. The molecule has 1 unspecified atom stereocenters. The predicted molar refractivity (Wildman–Crippen MR) is 93.7 cm³/mol. The Morgan fingerprint density at radius 1 is 0.905 bits per heavy atom. The lowest BCUT2D eigenvalue weighted by atomic mass is 10.0. The summed E-state index contributed by atoms with van der Waals surface area (Å²) in [6.07, 6.45) is 20.1. The molecule has 1 aliphatic rings. The monoisotopic (exact) mass is 295 g/mol. The fraction of sp³-hybridized carbons (Fsp3) is 0.944. The van der Waals surface area contributed by atoms with Gasteiger partial charge in [0, 0.05) is 6.54 Å². The summed E-state index contributed by atoms with van der Waals surface area (Å²) in [6.45, 7) is 4.22. The summed E-state index contributed by atoms with van der Waals surface area (Å²) in [6, 6.07) is 0. The molecule has 0 saturated carbocycles. The molecule has 0 amide bonds. The van der Waals surface area contributed by atoms with Crippen LogP contribution in [0.1, 0.15) is 90.4 Å². The second kappa shape index (κ2) is 13.1. The Kier molecular flexibility index (Phi) is 11.5. The zero-order valence-corrected chi connectivity index (χ0v) is 14.2. The molecule has 0 aromatic carbocycles. The van der Waals surface area contributed by atoms with Crippen LogP contribution in [0.4, 0.5) is 0 Å². The van der Waals surface area contributed by atoms with E-state index in [1.54, 1.807) is 0 Å². The number of unbranched alkanes of at least 4 members (excludes halogenated alkanes) is 11. The van der Waals surface area contributed by atoms with E-state index in [1.807, 2.05) is 6.34 Å². The highest BCUT2D eigenvalue weighted by Gasteiger charge is 2.12. The number of nitrogens with two attached hydrogens (primary N) is 1. The van der Waals surface area contributed by atoms with Crippen molar-refractivity contribution in [2.24, 2.45) is 10.7 Å². The van der Waals surface area contributed by atoms with E-state index in [-0.39, 0.29) is 6.17 Å². The minimum Gasteiger partial charge on any atom is -0.346 e. The number of nitrogens with zero attached hydrogens (tertiary/aromatic N) is 2. The number of hydrogen-bond acceptors (Lipinski definition) is 3. The van der Waals surface area contributed by atoms with Gasteiger partial charge in [0.2, 0.25) is 0 Å². The lowest BCUT2D eigenvalue weighted by Crippen LogP contribution is -2.39. The Morgan fingerprint density at radius 2 is 1.43 bits per heavy atom. The Balaban J connectivity index is 1.75. The van der Waals surface area contributed by atoms with Crippen LogP contribution in [-0.2, 0) is 0 Å². The van der Waals surface area contributed by atoms with E-state index in [9.17, 15) is 0 Å². The molecule has 3 heteroatoms. The average molecular weight is 296 g/mol. The van der Waals surface area contributed by atoms with Crippen LogP contribution in [0.3, 0.4) is 0 Å². The molecule has 124 valence electrons. The molecule has 1 rings (SSSR count). The van der Waals surface area contributed by atoms with Gasteiger partial charge in [0.15, 0.2) is 0 Å². The molecule has 0 aliphatic carbocycles. The Morgan fingerprint density at radius 3 is 1.90 bits per heavy atom. The van der Waals surface area contributed by atoms with Crippen molar-refractivity contribution < 1.29 is 0 Å². The molecular formula is C18H37N3. The molecule has 0 fully saturated rings. The van der Waals surface area contributed by atoms with Gasteiger partial charge < -0.3 is 10.6 Å². The lowest BCUT2D eigenvalue weighted by Gasteiger charge is -2.22. The van der Waals surface area contributed by atoms with E-state index in [2.05, 4.69) is 16.8 Å². The van der Waals surface area contributed by atoms with E-state index >= 15 is 0 Å². The largest absolute Gasteiger partial charge is 0.346 e. The number of rotatable bonds is 14. The van der Waals surface area contributed by atoms with Crippen LogP contribution in [0.5, 0.6) is 0 Å². The summed E-state index contributed by atoms with van der Waals surface area (Å²) in [5, 5.41) is 0. The quantitative estimate of drug-likeness (QED) is 0.472. The molecule has 0 aromatic rings. The van der Waals surface area contributed by atoms with E-state index < -0.39 is 0 Å². The minimum absolute atomic E-state index is 0.194. The molecule has 0 saturated heterocycles. The molecule has 2 N–H and O–H groups in total. The second-order valence-electron chi connectivity index (χ2n) is 6.50. The number of hydrogen-bond donors (Lipinski definition) is 1. The summed E-state index contributed by atoms with van der Waals surface area (Å²) in [7, 11) is 0. The van der Waals surface area contributed by atoms with Crippen molar-refractivity contribution in [1.82, 2.24) is 4.90 Å². The third-order valence-electron chi connectivity index (χ3n) is 4.50. The third-order valence-corrected chi connectivity index (χ3v) is 4.50. The van der Waals surface area contributed by atoms with Crippen molar-refractivity contribution >= 4 is 6.34 Å². The molecule has 0 radical (unpaired) electrons. The van der Waals surface area contributed by atoms with Gasteiger partial charge in [-0.15, -0.1) is 0 Å². The van der Waals surface area contributed by atoms with Gasteiger partial charge in [-0.25, -0.2) is 0 Å². The summed E-state index contributed by atoms with van der Waals surface area (Å²) >= 11 is 0. The van der Waals surface area contributed by atoms with Crippen molar-refractivity contribution in [1.29, 1.82) is 0 Å². The van der Waals surface area contributed by atoms with Crippen LogP contribution in [-0.4, -0.2) is 30.5 Å². The van der Waals surface area contributed by atoms with Gasteiger partial charge in [0.1, 0.15) is 0 Å². The first-order valence-corrected chi connectivity index (χ1v) is 9.36. The maximum Gasteiger partial charge on any atom is 0.0863 e. The maximum absolute atomic E-state index is 6.14. The SMILES string of the molecule is CCCCCCCCCCCCCCC(N)N1C=NCC1. The van der Waals surface area contributed by atoms with Crippen molar-refractivity contribution in [3.63, 3.8) is 0 Å². The highest BCUT2D eigenvalue weighted by molar-refractivity contribution is 5.57. The topological polar surface area (TPSA) is 41.6 Å². The lowest BCUT2D eigenvalue weighted by molar-refractivity contribution is 0.323. The van der Waals surface area contributed by atoms with E-state index in [4.69, 9.17) is 5.73 Å². The minimum atomic E-state index is 0.194. The van der Waals surface area contributed by atoms with Crippen molar-refractivity contribution in [3.05, 3.63) is 0 Å².